The molecule has 0 aliphatic carbocycles. The van der Waals surface area contributed by atoms with E-state index in [0.29, 0.717) is 52.1 Å². The lowest BCUT2D eigenvalue weighted by Crippen LogP contribution is -2.40. The van der Waals surface area contributed by atoms with E-state index in [9.17, 15) is 9.00 Å². The number of nitrogen functional groups attached to an aromatic ring is 1. The summed E-state index contributed by atoms with van der Waals surface area (Å²) in [6, 6.07) is 14.7. The van der Waals surface area contributed by atoms with Crippen molar-refractivity contribution in [2.75, 3.05) is 18.8 Å². The molecule has 1 fully saturated rings. The maximum absolute atomic E-state index is 12.6. The lowest BCUT2D eigenvalue weighted by molar-refractivity contribution is -0.127. The first-order chi connectivity index (χ1) is 17.9. The molecule has 9 nitrogen and oxygen atoms in total. The maximum Gasteiger partial charge on any atom is 0.246 e. The summed E-state index contributed by atoms with van der Waals surface area (Å²) >= 11 is 6.00. The van der Waals surface area contributed by atoms with Gasteiger partial charge in [0, 0.05) is 30.2 Å². The van der Waals surface area contributed by atoms with Gasteiger partial charge < -0.3 is 10.6 Å². The lowest BCUT2D eigenvalue weighted by Gasteiger charge is -2.32. The molecule has 0 saturated carbocycles. The summed E-state index contributed by atoms with van der Waals surface area (Å²) in [6.07, 6.45) is 4.51. The highest BCUT2D eigenvalue weighted by Gasteiger charge is 2.28. The zero-order chi connectivity index (χ0) is 25.9. The Labute approximate surface area is 221 Å². The molecule has 3 heterocycles. The minimum absolute atomic E-state index is 0.0341. The molecule has 0 radical (unpaired) electrons. The molecular formula is C26H26ClN7O2S. The minimum Gasteiger partial charge on any atom is -0.383 e. The Bertz CT molecular complexity index is 1490. The molecule has 3 N–H and O–H groups in total. The third-order valence-corrected chi connectivity index (χ3v) is 7.72. The number of rotatable bonds is 7. The van der Waals surface area contributed by atoms with Crippen LogP contribution >= 0.6 is 11.6 Å². The zero-order valence-electron chi connectivity index (χ0n) is 20.0. The molecule has 1 saturated heterocycles. The Morgan fingerprint density at radius 2 is 2.05 bits per heavy atom. The fraction of sp³-hybridized carbons (Fsp3) is 0.231. The van der Waals surface area contributed by atoms with E-state index in [1.807, 2.05) is 28.9 Å². The SMILES string of the molecule is C=CC(=O)N1CCCC(n2nc(-c3ccc(CNS(=O)c4cccc(Cl)c4)cc3)c3c(N)ncnc32)C1. The molecule has 11 heteroatoms. The molecule has 2 unspecified atom stereocenters. The number of carbonyl (C=O) groups is 1. The number of fused-ring (bicyclic) bond motifs is 1. The molecule has 2 aromatic heterocycles. The second-order valence-electron chi connectivity index (χ2n) is 8.78. The van der Waals surface area contributed by atoms with Gasteiger partial charge in [-0.15, -0.1) is 0 Å². The van der Waals surface area contributed by atoms with Crippen molar-refractivity contribution in [2.45, 2.75) is 30.3 Å². The van der Waals surface area contributed by atoms with E-state index in [2.05, 4.69) is 21.3 Å². The quantitative estimate of drug-likeness (QED) is 0.346. The molecule has 1 aliphatic heterocycles. The van der Waals surface area contributed by atoms with Gasteiger partial charge in [0.05, 0.1) is 16.3 Å². The average molecular weight is 536 g/mol. The highest BCUT2D eigenvalue weighted by Crippen LogP contribution is 2.34. The van der Waals surface area contributed by atoms with Crippen molar-refractivity contribution in [3.63, 3.8) is 0 Å². The maximum atomic E-state index is 12.6. The number of amides is 1. The third-order valence-electron chi connectivity index (χ3n) is 6.39. The number of hydrogen-bond donors (Lipinski definition) is 2. The van der Waals surface area contributed by atoms with Crippen molar-refractivity contribution in [2.24, 2.45) is 0 Å². The summed E-state index contributed by atoms with van der Waals surface area (Å²) < 4.78 is 17.4. The Morgan fingerprint density at radius 3 is 2.81 bits per heavy atom. The molecule has 190 valence electrons. The van der Waals surface area contributed by atoms with Crippen molar-refractivity contribution in [1.29, 1.82) is 0 Å². The summed E-state index contributed by atoms with van der Waals surface area (Å²) in [5.41, 5.74) is 9.42. The van der Waals surface area contributed by atoms with Crippen LogP contribution in [0.4, 0.5) is 5.82 Å². The number of hydrogen-bond acceptors (Lipinski definition) is 6. The van der Waals surface area contributed by atoms with E-state index in [-0.39, 0.29) is 11.9 Å². The van der Waals surface area contributed by atoms with Crippen molar-refractivity contribution in [3.05, 3.63) is 78.1 Å². The molecule has 2 atom stereocenters. The Balaban J connectivity index is 1.39. The largest absolute Gasteiger partial charge is 0.383 e. The number of nitrogens with zero attached hydrogens (tertiary/aromatic N) is 5. The van der Waals surface area contributed by atoms with Gasteiger partial charge in [-0.1, -0.05) is 48.5 Å². The van der Waals surface area contributed by atoms with Gasteiger partial charge >= 0.3 is 0 Å². The van der Waals surface area contributed by atoms with Gasteiger partial charge in [-0.3, -0.25) is 4.79 Å². The predicted octanol–water partition coefficient (Wildman–Crippen LogP) is 3.89. The minimum atomic E-state index is -1.38. The predicted molar refractivity (Wildman–Crippen MR) is 145 cm³/mol. The Morgan fingerprint density at radius 1 is 1.24 bits per heavy atom. The summed E-state index contributed by atoms with van der Waals surface area (Å²) in [5.74, 6) is 0.264. The lowest BCUT2D eigenvalue weighted by atomic mass is 10.1. The third kappa shape index (κ3) is 5.27. The van der Waals surface area contributed by atoms with Crippen LogP contribution in [0.15, 0.2) is 72.4 Å². The van der Waals surface area contributed by atoms with Crippen molar-refractivity contribution < 1.29 is 9.00 Å². The summed E-state index contributed by atoms with van der Waals surface area (Å²) in [7, 11) is -1.38. The average Bonchev–Trinajstić information content (AvgIpc) is 3.32. The summed E-state index contributed by atoms with van der Waals surface area (Å²) in [5, 5.41) is 6.13. The second kappa shape index (κ2) is 10.8. The molecule has 0 bridgehead atoms. The van der Waals surface area contributed by atoms with E-state index in [1.165, 1.54) is 12.4 Å². The number of piperidine rings is 1. The van der Waals surface area contributed by atoms with Gasteiger partial charge in [-0.2, -0.15) is 5.10 Å². The van der Waals surface area contributed by atoms with Crippen molar-refractivity contribution in [1.82, 2.24) is 29.4 Å². The Hall–Kier alpha value is -3.60. The van der Waals surface area contributed by atoms with Gasteiger partial charge in [-0.05, 0) is 42.7 Å². The van der Waals surface area contributed by atoms with Gasteiger partial charge in [0.15, 0.2) is 5.65 Å². The topological polar surface area (TPSA) is 119 Å². The molecule has 1 amide bonds. The van der Waals surface area contributed by atoms with Crippen LogP contribution in [0.2, 0.25) is 5.02 Å². The molecule has 4 aromatic rings. The number of likely N-dealkylation sites (tertiary alicyclic amines) is 1. The van der Waals surface area contributed by atoms with Crippen LogP contribution in [0.5, 0.6) is 0 Å². The number of anilines is 1. The van der Waals surface area contributed by atoms with Crippen LogP contribution in [-0.4, -0.2) is 47.9 Å². The van der Waals surface area contributed by atoms with E-state index < -0.39 is 11.0 Å². The Kier molecular flexibility index (Phi) is 7.31. The number of nitrogens with one attached hydrogen (secondary N) is 1. The summed E-state index contributed by atoms with van der Waals surface area (Å²) in [6.45, 7) is 5.25. The zero-order valence-corrected chi connectivity index (χ0v) is 21.6. The molecule has 5 rings (SSSR count). The van der Waals surface area contributed by atoms with Crippen LogP contribution < -0.4 is 10.5 Å². The van der Waals surface area contributed by atoms with Crippen LogP contribution in [0.25, 0.3) is 22.3 Å². The normalized spacial score (nSPS) is 16.6. The van der Waals surface area contributed by atoms with Crippen LogP contribution in [-0.2, 0) is 22.3 Å². The fourth-order valence-electron chi connectivity index (χ4n) is 4.53. The van der Waals surface area contributed by atoms with Crippen LogP contribution in [0, 0.1) is 0 Å². The second-order valence-corrected chi connectivity index (χ2v) is 10.5. The van der Waals surface area contributed by atoms with Crippen LogP contribution in [0.3, 0.4) is 0 Å². The first-order valence-corrected chi connectivity index (χ1v) is 13.4. The van der Waals surface area contributed by atoms with Crippen molar-refractivity contribution >= 4 is 45.3 Å². The molecule has 37 heavy (non-hydrogen) atoms. The number of aromatic nitrogens is 4. The van der Waals surface area contributed by atoms with Crippen molar-refractivity contribution in [3.8, 4) is 11.3 Å². The van der Waals surface area contributed by atoms with Gasteiger partial charge in [0.1, 0.15) is 28.8 Å². The molecular weight excluding hydrogens is 510 g/mol. The van der Waals surface area contributed by atoms with E-state index in [1.54, 1.807) is 29.2 Å². The van der Waals surface area contributed by atoms with E-state index in [4.69, 9.17) is 22.4 Å². The smallest absolute Gasteiger partial charge is 0.246 e. The highest BCUT2D eigenvalue weighted by molar-refractivity contribution is 7.83. The van der Waals surface area contributed by atoms with Gasteiger partial charge in [-0.25, -0.2) is 23.6 Å². The molecule has 1 aliphatic rings. The van der Waals surface area contributed by atoms with E-state index >= 15 is 0 Å². The summed E-state index contributed by atoms with van der Waals surface area (Å²) in [4.78, 5) is 23.3. The number of nitrogens with two attached hydrogens (primary N) is 1. The standard InChI is InChI=1S/C26H26ClN7O2S/c1-2-22(35)33-12-4-6-20(15-33)34-26-23(25(28)29-16-30-26)24(32-34)18-10-8-17(9-11-18)14-31-37(36)21-7-3-5-19(27)13-21/h2-3,5,7-11,13,16,20,31H,1,4,6,12,14-15H2,(H2,28,29,30). The monoisotopic (exact) mass is 535 g/mol. The fourth-order valence-corrected chi connectivity index (χ4v) is 5.69. The first kappa shape index (κ1) is 25.1. The molecule has 2 aromatic carbocycles. The first-order valence-electron chi connectivity index (χ1n) is 11.8. The van der Waals surface area contributed by atoms with E-state index in [0.717, 1.165) is 24.0 Å². The van der Waals surface area contributed by atoms with Gasteiger partial charge in [0.25, 0.3) is 0 Å². The number of benzene rings is 2. The highest BCUT2D eigenvalue weighted by atomic mass is 35.5. The number of carbonyl (C=O) groups excluding carboxylic acids is 1. The number of halogens is 1. The molecule has 0 spiro atoms. The van der Waals surface area contributed by atoms with Gasteiger partial charge in [0.2, 0.25) is 5.91 Å². The van der Waals surface area contributed by atoms with Crippen LogP contribution in [0.1, 0.15) is 24.4 Å².